The van der Waals surface area contributed by atoms with Crippen LogP contribution in [-0.4, -0.2) is 71.0 Å². The van der Waals surface area contributed by atoms with Gasteiger partial charge in [-0.2, -0.15) is 0 Å². The summed E-state index contributed by atoms with van der Waals surface area (Å²) in [7, 11) is 5.48. The molecule has 9 heteroatoms. The first-order valence-corrected chi connectivity index (χ1v) is 11.4. The van der Waals surface area contributed by atoms with E-state index in [4.69, 9.17) is 4.74 Å². The van der Waals surface area contributed by atoms with Crippen molar-refractivity contribution in [3.05, 3.63) is 66.2 Å². The van der Waals surface area contributed by atoms with E-state index in [1.54, 1.807) is 49.8 Å². The lowest BCUT2D eigenvalue weighted by molar-refractivity contribution is 0.0737. The molecule has 1 aliphatic rings. The SMILES string of the molecule is COc1cc(C(=O)N(C)C2CCN(C)C2)ccc1Nc1cncc(-c2cc3c(F)cccc3[nH]2)n1. The molecule has 2 aromatic heterocycles. The Balaban J connectivity index is 1.37. The molecule has 35 heavy (non-hydrogen) atoms. The summed E-state index contributed by atoms with van der Waals surface area (Å²) in [4.78, 5) is 29.2. The number of nitrogens with one attached hydrogen (secondary N) is 2. The third kappa shape index (κ3) is 4.54. The normalized spacial score (nSPS) is 15.9. The molecule has 2 aromatic carbocycles. The number of H-pyrrole nitrogens is 1. The Morgan fingerprint density at radius 3 is 2.86 bits per heavy atom. The molecule has 180 valence electrons. The molecule has 0 spiro atoms. The summed E-state index contributed by atoms with van der Waals surface area (Å²) < 4.78 is 19.7. The van der Waals surface area contributed by atoms with Gasteiger partial charge in [0.2, 0.25) is 0 Å². The van der Waals surface area contributed by atoms with Crippen molar-refractivity contribution in [3.8, 4) is 17.1 Å². The molecule has 0 saturated carbocycles. The van der Waals surface area contributed by atoms with Gasteiger partial charge in [0.05, 0.1) is 30.9 Å². The molecule has 0 bridgehead atoms. The zero-order valence-electron chi connectivity index (χ0n) is 19.9. The first-order chi connectivity index (χ1) is 16.9. The van der Waals surface area contributed by atoms with Gasteiger partial charge in [-0.05, 0) is 56.4 Å². The van der Waals surface area contributed by atoms with Gasteiger partial charge in [0, 0.05) is 36.1 Å². The summed E-state index contributed by atoms with van der Waals surface area (Å²) in [5.74, 6) is 0.679. The van der Waals surface area contributed by atoms with Crippen LogP contribution in [0, 0.1) is 5.82 Å². The van der Waals surface area contributed by atoms with E-state index in [9.17, 15) is 9.18 Å². The number of anilines is 2. The van der Waals surface area contributed by atoms with Crippen LogP contribution in [0.4, 0.5) is 15.9 Å². The maximum atomic E-state index is 14.1. The van der Waals surface area contributed by atoms with Crippen LogP contribution in [0.2, 0.25) is 0 Å². The van der Waals surface area contributed by atoms with Gasteiger partial charge in [-0.3, -0.25) is 9.78 Å². The third-order valence-electron chi connectivity index (χ3n) is 6.47. The molecule has 2 N–H and O–H groups in total. The fourth-order valence-electron chi connectivity index (χ4n) is 4.48. The fraction of sp³-hybridized carbons (Fsp3) is 0.269. The molecule has 1 amide bonds. The molecule has 3 heterocycles. The molecular formula is C26H27FN6O2. The Hall–Kier alpha value is -3.98. The minimum Gasteiger partial charge on any atom is -0.495 e. The molecule has 1 fully saturated rings. The Bertz CT molecular complexity index is 1390. The van der Waals surface area contributed by atoms with Gasteiger partial charge in [-0.1, -0.05) is 6.07 Å². The second kappa shape index (κ2) is 9.34. The highest BCUT2D eigenvalue weighted by atomic mass is 19.1. The summed E-state index contributed by atoms with van der Waals surface area (Å²) in [5, 5.41) is 3.72. The Morgan fingerprint density at radius 2 is 2.11 bits per heavy atom. The van der Waals surface area contributed by atoms with Crippen molar-refractivity contribution in [2.75, 3.05) is 39.6 Å². The number of likely N-dealkylation sites (tertiary alicyclic amines) is 1. The monoisotopic (exact) mass is 474 g/mol. The second-order valence-electron chi connectivity index (χ2n) is 8.83. The number of nitrogens with zero attached hydrogens (tertiary/aromatic N) is 4. The average Bonchev–Trinajstić information content (AvgIpc) is 3.51. The predicted octanol–water partition coefficient (Wildman–Crippen LogP) is 4.29. The number of fused-ring (bicyclic) bond motifs is 1. The maximum Gasteiger partial charge on any atom is 0.254 e. The van der Waals surface area contributed by atoms with Crippen LogP contribution >= 0.6 is 0 Å². The Morgan fingerprint density at radius 1 is 1.26 bits per heavy atom. The van der Waals surface area contributed by atoms with Crippen LogP contribution in [-0.2, 0) is 0 Å². The number of hydrogen-bond acceptors (Lipinski definition) is 6. The molecular weight excluding hydrogens is 447 g/mol. The highest BCUT2D eigenvalue weighted by Gasteiger charge is 2.27. The zero-order valence-corrected chi connectivity index (χ0v) is 19.9. The van der Waals surface area contributed by atoms with E-state index in [-0.39, 0.29) is 17.8 Å². The van der Waals surface area contributed by atoms with E-state index in [0.717, 1.165) is 19.5 Å². The molecule has 0 aliphatic carbocycles. The number of methoxy groups -OCH3 is 1. The van der Waals surface area contributed by atoms with E-state index in [1.807, 2.05) is 18.0 Å². The van der Waals surface area contributed by atoms with Crippen LogP contribution in [0.25, 0.3) is 22.3 Å². The first-order valence-electron chi connectivity index (χ1n) is 11.4. The number of aromatic nitrogens is 3. The largest absolute Gasteiger partial charge is 0.495 e. The predicted molar refractivity (Wildman–Crippen MR) is 134 cm³/mol. The van der Waals surface area contributed by atoms with Gasteiger partial charge in [0.15, 0.2) is 0 Å². The Kier molecular flexibility index (Phi) is 6.08. The number of halogens is 1. The molecule has 5 rings (SSSR count). The third-order valence-corrected chi connectivity index (χ3v) is 6.47. The van der Waals surface area contributed by atoms with Crippen molar-refractivity contribution in [2.24, 2.45) is 0 Å². The van der Waals surface area contributed by atoms with Crippen molar-refractivity contribution < 1.29 is 13.9 Å². The number of benzene rings is 2. The molecule has 1 atom stereocenters. The topological polar surface area (TPSA) is 86.4 Å². The minimum absolute atomic E-state index is 0.0389. The average molecular weight is 475 g/mol. The van der Waals surface area contributed by atoms with Crippen LogP contribution in [0.3, 0.4) is 0 Å². The van der Waals surface area contributed by atoms with E-state index >= 15 is 0 Å². The van der Waals surface area contributed by atoms with E-state index < -0.39 is 0 Å². The summed E-state index contributed by atoms with van der Waals surface area (Å²) >= 11 is 0. The van der Waals surface area contributed by atoms with Crippen LogP contribution in [0.5, 0.6) is 5.75 Å². The highest BCUT2D eigenvalue weighted by Crippen LogP contribution is 2.30. The van der Waals surface area contributed by atoms with Crippen LogP contribution in [0.1, 0.15) is 16.8 Å². The second-order valence-corrected chi connectivity index (χ2v) is 8.83. The number of rotatable bonds is 6. The lowest BCUT2D eigenvalue weighted by atomic mass is 10.1. The number of hydrogen-bond donors (Lipinski definition) is 2. The van der Waals surface area contributed by atoms with Crippen molar-refractivity contribution >= 4 is 28.3 Å². The van der Waals surface area contributed by atoms with Crippen LogP contribution < -0.4 is 10.1 Å². The number of aromatic amines is 1. The number of carbonyl (C=O) groups is 1. The zero-order chi connectivity index (χ0) is 24.5. The Labute approximate surface area is 202 Å². The molecule has 1 unspecified atom stereocenters. The van der Waals surface area contributed by atoms with Crippen molar-refractivity contribution in [1.29, 1.82) is 0 Å². The molecule has 4 aromatic rings. The lowest BCUT2D eigenvalue weighted by Crippen LogP contribution is -2.38. The van der Waals surface area contributed by atoms with Gasteiger partial charge in [0.1, 0.15) is 23.1 Å². The quantitative estimate of drug-likeness (QED) is 0.434. The number of ether oxygens (including phenoxy) is 1. The van der Waals surface area contributed by atoms with Gasteiger partial charge < -0.3 is 24.8 Å². The van der Waals surface area contributed by atoms with Gasteiger partial charge >= 0.3 is 0 Å². The first kappa shape index (κ1) is 22.8. The van der Waals surface area contributed by atoms with Crippen molar-refractivity contribution in [1.82, 2.24) is 24.8 Å². The number of likely N-dealkylation sites (N-methyl/N-ethyl adjacent to an activating group) is 2. The highest BCUT2D eigenvalue weighted by molar-refractivity contribution is 5.95. The van der Waals surface area contributed by atoms with Crippen molar-refractivity contribution in [2.45, 2.75) is 12.5 Å². The minimum atomic E-state index is -0.294. The summed E-state index contributed by atoms with van der Waals surface area (Å²) in [6, 6.07) is 12.1. The van der Waals surface area contributed by atoms with E-state index in [0.29, 0.717) is 45.1 Å². The lowest BCUT2D eigenvalue weighted by Gasteiger charge is -2.25. The molecule has 8 nitrogen and oxygen atoms in total. The summed E-state index contributed by atoms with van der Waals surface area (Å²) in [6.45, 7) is 1.86. The number of amides is 1. The van der Waals surface area contributed by atoms with E-state index in [2.05, 4.69) is 32.2 Å². The number of carbonyl (C=O) groups excluding carboxylic acids is 1. The van der Waals surface area contributed by atoms with E-state index in [1.165, 1.54) is 6.07 Å². The fourth-order valence-corrected chi connectivity index (χ4v) is 4.48. The van der Waals surface area contributed by atoms with Crippen molar-refractivity contribution in [3.63, 3.8) is 0 Å². The maximum absolute atomic E-state index is 14.1. The standard InChI is InChI=1S/C26H27FN6O2/c1-32-10-9-17(15-32)33(2)26(34)16-7-8-21(24(11-16)35-3)30-25-14-28-13-23(31-25)22-12-18-19(27)5-4-6-20(18)29-22/h4-8,11-14,17,29H,9-10,15H2,1-3H3,(H,30,31). The van der Waals surface area contributed by atoms with Gasteiger partial charge in [0.25, 0.3) is 5.91 Å². The molecule has 1 saturated heterocycles. The smallest absolute Gasteiger partial charge is 0.254 e. The molecule has 1 aliphatic heterocycles. The summed E-state index contributed by atoms with van der Waals surface area (Å²) in [5.41, 5.74) is 3.14. The summed E-state index contributed by atoms with van der Waals surface area (Å²) in [6.07, 6.45) is 4.17. The van der Waals surface area contributed by atoms with Crippen LogP contribution in [0.15, 0.2) is 54.9 Å². The van der Waals surface area contributed by atoms with Gasteiger partial charge in [-0.25, -0.2) is 9.37 Å². The van der Waals surface area contributed by atoms with Gasteiger partial charge in [-0.15, -0.1) is 0 Å². The molecule has 0 radical (unpaired) electrons.